The Hall–Kier alpha value is -4.65. The summed E-state index contributed by atoms with van der Waals surface area (Å²) in [4.78, 5) is 46.0. The van der Waals surface area contributed by atoms with Crippen LogP contribution in [0.2, 0.25) is 0 Å². The molecule has 12 nitrogen and oxygen atoms in total. The number of hydrogen-bond donors (Lipinski definition) is 4. The second kappa shape index (κ2) is 10.6. The number of fused-ring (bicyclic) bond motifs is 1. The summed E-state index contributed by atoms with van der Waals surface area (Å²) >= 11 is 1.65. The summed E-state index contributed by atoms with van der Waals surface area (Å²) < 4.78 is 5.58. The van der Waals surface area contributed by atoms with E-state index < -0.39 is 11.5 Å². The van der Waals surface area contributed by atoms with Crippen molar-refractivity contribution in [2.45, 2.75) is 6.92 Å². The Kier molecular flexibility index (Phi) is 6.71. The number of hydrogen-bond acceptors (Lipinski definition) is 11. The fourth-order valence-electron chi connectivity index (χ4n) is 4.66. The van der Waals surface area contributed by atoms with Crippen molar-refractivity contribution in [3.8, 4) is 5.88 Å². The van der Waals surface area contributed by atoms with Crippen LogP contribution in [0.25, 0.3) is 0 Å². The van der Waals surface area contributed by atoms with Gasteiger partial charge in [-0.25, -0.2) is 15.0 Å². The number of aromatic amines is 1. The van der Waals surface area contributed by atoms with E-state index in [0.29, 0.717) is 30.4 Å². The van der Waals surface area contributed by atoms with Gasteiger partial charge in [0.25, 0.3) is 11.5 Å². The number of nitrogens with zero attached hydrogens (tertiary/aromatic N) is 5. The Bertz CT molecular complexity index is 1530. The van der Waals surface area contributed by atoms with Gasteiger partial charge in [0.15, 0.2) is 10.9 Å². The number of rotatable bonds is 6. The molecule has 39 heavy (non-hydrogen) atoms. The van der Waals surface area contributed by atoms with E-state index in [-0.39, 0.29) is 11.4 Å². The summed E-state index contributed by atoms with van der Waals surface area (Å²) in [5.41, 5.74) is 3.20. The first-order valence-electron chi connectivity index (χ1n) is 12.6. The molecule has 2 aliphatic heterocycles. The normalized spacial score (nSPS) is 14.7. The van der Waals surface area contributed by atoms with E-state index in [1.165, 1.54) is 6.33 Å². The van der Waals surface area contributed by atoms with Crippen LogP contribution < -0.4 is 36.0 Å². The number of aromatic nitrogens is 4. The number of H-pyrrole nitrogens is 1. The summed E-state index contributed by atoms with van der Waals surface area (Å²) in [6, 6.07) is 7.61. The first-order chi connectivity index (χ1) is 19.1. The van der Waals surface area contributed by atoms with Crippen molar-refractivity contribution >= 4 is 50.9 Å². The lowest BCUT2D eigenvalue weighted by Crippen LogP contribution is -2.46. The van der Waals surface area contributed by atoms with E-state index in [0.717, 1.165) is 48.2 Å². The molecular formula is C26H27N9O3S. The maximum absolute atomic E-state index is 13.2. The van der Waals surface area contributed by atoms with Crippen molar-refractivity contribution in [3.63, 3.8) is 0 Å². The Morgan fingerprint density at radius 1 is 1.08 bits per heavy atom. The monoisotopic (exact) mass is 545 g/mol. The summed E-state index contributed by atoms with van der Waals surface area (Å²) in [7, 11) is 0. The third-order valence-corrected chi connectivity index (χ3v) is 7.57. The zero-order chi connectivity index (χ0) is 26.8. The number of benzene rings is 1. The number of nitrogens with one attached hydrogen (secondary N) is 4. The lowest BCUT2D eigenvalue weighted by Gasteiger charge is -2.36. The molecule has 4 N–H and O–H groups in total. The van der Waals surface area contributed by atoms with Gasteiger partial charge in [-0.05, 0) is 31.2 Å². The van der Waals surface area contributed by atoms with Crippen LogP contribution in [-0.2, 0) is 0 Å². The van der Waals surface area contributed by atoms with Crippen LogP contribution in [-0.4, -0.2) is 65.2 Å². The average molecular weight is 546 g/mol. The van der Waals surface area contributed by atoms with E-state index in [1.807, 2.05) is 42.8 Å². The Labute approximate surface area is 228 Å². The summed E-state index contributed by atoms with van der Waals surface area (Å²) in [6.07, 6.45) is 4.69. The molecule has 200 valence electrons. The quantitative estimate of drug-likeness (QED) is 0.286. The van der Waals surface area contributed by atoms with Crippen LogP contribution in [0.5, 0.6) is 5.88 Å². The van der Waals surface area contributed by atoms with Crippen LogP contribution in [0, 0.1) is 6.92 Å². The Morgan fingerprint density at radius 3 is 2.64 bits per heavy atom. The molecule has 0 spiro atoms. The van der Waals surface area contributed by atoms with Crippen LogP contribution in [0.4, 0.5) is 33.7 Å². The molecule has 0 radical (unpaired) electrons. The second-order valence-electron chi connectivity index (χ2n) is 9.12. The number of carbonyl (C=O) groups is 1. The molecule has 0 saturated carbocycles. The fourth-order valence-corrected chi connectivity index (χ4v) is 5.35. The van der Waals surface area contributed by atoms with Gasteiger partial charge in [-0.1, -0.05) is 0 Å². The zero-order valence-corrected chi connectivity index (χ0v) is 22.0. The van der Waals surface area contributed by atoms with Crippen molar-refractivity contribution < 1.29 is 9.53 Å². The van der Waals surface area contributed by atoms with Crippen LogP contribution in [0.15, 0.2) is 53.2 Å². The van der Waals surface area contributed by atoms with E-state index >= 15 is 0 Å². The van der Waals surface area contributed by atoms with Gasteiger partial charge in [0.05, 0.1) is 18.2 Å². The molecule has 0 aliphatic carbocycles. The number of thiazole rings is 1. The molecule has 1 saturated heterocycles. The third kappa shape index (κ3) is 5.08. The fraction of sp³-hybridized carbons (Fsp3) is 0.269. The molecule has 1 fully saturated rings. The molecule has 0 bridgehead atoms. The van der Waals surface area contributed by atoms with E-state index in [9.17, 15) is 9.59 Å². The lowest BCUT2D eigenvalue weighted by molar-refractivity contribution is 0.102. The largest absolute Gasteiger partial charge is 0.474 e. The van der Waals surface area contributed by atoms with Gasteiger partial charge in [0, 0.05) is 61.2 Å². The summed E-state index contributed by atoms with van der Waals surface area (Å²) in [6.45, 7) is 6.65. The Morgan fingerprint density at radius 2 is 1.87 bits per heavy atom. The molecule has 6 rings (SSSR count). The number of pyridine rings is 1. The van der Waals surface area contributed by atoms with Gasteiger partial charge in [-0.3, -0.25) is 9.59 Å². The minimum atomic E-state index is -0.568. The smallest absolute Gasteiger partial charge is 0.265 e. The molecule has 1 aromatic carbocycles. The molecular weight excluding hydrogens is 518 g/mol. The lowest BCUT2D eigenvalue weighted by atomic mass is 10.1. The van der Waals surface area contributed by atoms with E-state index in [2.05, 4.69) is 45.7 Å². The maximum Gasteiger partial charge on any atom is 0.265 e. The molecule has 0 atom stereocenters. The van der Waals surface area contributed by atoms with Gasteiger partial charge in [-0.2, -0.15) is 0 Å². The van der Waals surface area contributed by atoms with Crippen molar-refractivity contribution in [1.29, 1.82) is 0 Å². The zero-order valence-electron chi connectivity index (χ0n) is 21.2. The number of amides is 1. The van der Waals surface area contributed by atoms with E-state index in [1.54, 1.807) is 17.5 Å². The predicted octanol–water partition coefficient (Wildman–Crippen LogP) is 3.06. The molecule has 3 aromatic heterocycles. The average Bonchev–Trinajstić information content (AvgIpc) is 3.51. The third-order valence-electron chi connectivity index (χ3n) is 6.74. The predicted molar refractivity (Wildman–Crippen MR) is 152 cm³/mol. The number of ether oxygens (including phenoxy) is 1. The first-order valence-corrected chi connectivity index (χ1v) is 13.5. The molecule has 1 amide bonds. The van der Waals surface area contributed by atoms with Gasteiger partial charge in [0.1, 0.15) is 17.9 Å². The number of piperazine rings is 1. The molecule has 13 heteroatoms. The topological polar surface area (TPSA) is 140 Å². The van der Waals surface area contributed by atoms with Gasteiger partial charge in [0.2, 0.25) is 5.88 Å². The highest BCUT2D eigenvalue weighted by molar-refractivity contribution is 7.13. The number of carbonyl (C=O) groups excluding carboxylic acids is 1. The molecule has 4 aromatic rings. The van der Waals surface area contributed by atoms with Gasteiger partial charge >= 0.3 is 0 Å². The summed E-state index contributed by atoms with van der Waals surface area (Å²) in [5.74, 6) is 0.0835. The number of anilines is 6. The van der Waals surface area contributed by atoms with Gasteiger partial charge < -0.3 is 35.5 Å². The summed E-state index contributed by atoms with van der Waals surface area (Å²) in [5, 5.41) is 12.2. The highest BCUT2D eigenvalue weighted by Gasteiger charge is 2.22. The van der Waals surface area contributed by atoms with Crippen LogP contribution in [0.1, 0.15) is 15.9 Å². The molecule has 0 unspecified atom stereocenters. The minimum absolute atomic E-state index is 0.124. The Balaban J connectivity index is 1.15. The van der Waals surface area contributed by atoms with Crippen molar-refractivity contribution in [3.05, 3.63) is 69.8 Å². The van der Waals surface area contributed by atoms with Crippen LogP contribution >= 0.6 is 11.3 Å². The maximum atomic E-state index is 13.2. The molecule has 2 aliphatic rings. The van der Waals surface area contributed by atoms with Crippen molar-refractivity contribution in [2.24, 2.45) is 0 Å². The van der Waals surface area contributed by atoms with Crippen molar-refractivity contribution in [1.82, 2.24) is 19.9 Å². The van der Waals surface area contributed by atoms with E-state index in [4.69, 9.17) is 4.74 Å². The SMILES string of the molecule is Cc1c(Nc2nc[nH]c(=O)c2C(=O)Nc2ccc(N3CCN(c4nccs4)CC3)cc2)cnc2c1NCCO2. The standard InChI is InChI=1S/C26H27N9O3S/c1-16-19(14-29-25-21(16)27-6-12-38-25)33-22-20(23(36)31-15-30-22)24(37)32-17-2-4-18(5-3-17)34-8-10-35(11-9-34)26-28-7-13-39-26/h2-5,7,13-15,27H,6,8-12H2,1H3,(H,32,37)(H2,30,31,33,36). The highest BCUT2D eigenvalue weighted by atomic mass is 32.1. The van der Waals surface area contributed by atoms with Crippen LogP contribution in [0.3, 0.4) is 0 Å². The van der Waals surface area contributed by atoms with Gasteiger partial charge in [-0.15, -0.1) is 11.3 Å². The second-order valence-corrected chi connectivity index (χ2v) is 10.00. The first kappa shape index (κ1) is 24.7. The minimum Gasteiger partial charge on any atom is -0.474 e. The van der Waals surface area contributed by atoms with Crippen molar-refractivity contribution in [2.75, 3.05) is 65.1 Å². The highest BCUT2D eigenvalue weighted by Crippen LogP contribution is 2.34. The molecule has 5 heterocycles.